The fraction of sp³-hybridized carbons (Fsp3) is 0.500. The molecule has 0 aliphatic carbocycles. The zero-order valence-electron chi connectivity index (χ0n) is 10.8. The third-order valence-electron chi connectivity index (χ3n) is 3.46. The Morgan fingerprint density at radius 1 is 1.44 bits per heavy atom. The van der Waals surface area contributed by atoms with Crippen LogP contribution in [0.2, 0.25) is 0 Å². The van der Waals surface area contributed by atoms with Crippen molar-refractivity contribution in [2.45, 2.75) is 25.4 Å². The summed E-state index contributed by atoms with van der Waals surface area (Å²) in [6.45, 7) is 2.69. The number of benzene rings is 1. The van der Waals surface area contributed by atoms with Gasteiger partial charge in [0.2, 0.25) is 0 Å². The highest BCUT2D eigenvalue weighted by Gasteiger charge is 2.18. The van der Waals surface area contributed by atoms with Crippen molar-refractivity contribution in [3.05, 3.63) is 35.4 Å². The lowest BCUT2D eigenvalue weighted by atomic mass is 10.1. The quantitative estimate of drug-likeness (QED) is 0.843. The summed E-state index contributed by atoms with van der Waals surface area (Å²) in [5.74, 6) is 0. The molecule has 0 radical (unpaired) electrons. The van der Waals surface area contributed by atoms with Gasteiger partial charge in [-0.3, -0.25) is 4.90 Å². The van der Waals surface area contributed by atoms with Crippen LogP contribution < -0.4 is 5.73 Å². The molecule has 1 aliphatic heterocycles. The van der Waals surface area contributed by atoms with Crippen LogP contribution in [0, 0.1) is 0 Å². The largest absolute Gasteiger partial charge is 0.389 e. The van der Waals surface area contributed by atoms with Crippen LogP contribution in [0.4, 0.5) is 0 Å². The van der Waals surface area contributed by atoms with E-state index >= 15 is 0 Å². The molecule has 1 heterocycles. The molecule has 0 atom stereocenters. The van der Waals surface area contributed by atoms with Crippen LogP contribution >= 0.6 is 12.2 Å². The maximum atomic E-state index is 5.66. The molecule has 3 nitrogen and oxygen atoms in total. The second-order valence-corrected chi connectivity index (χ2v) is 5.26. The van der Waals surface area contributed by atoms with E-state index in [1.165, 1.54) is 5.56 Å². The average molecular weight is 264 g/mol. The third kappa shape index (κ3) is 3.51. The maximum absolute atomic E-state index is 5.66. The molecule has 18 heavy (non-hydrogen) atoms. The molecule has 0 saturated carbocycles. The summed E-state index contributed by atoms with van der Waals surface area (Å²) in [6, 6.07) is 8.80. The zero-order valence-corrected chi connectivity index (χ0v) is 11.6. The van der Waals surface area contributed by atoms with E-state index in [1.54, 1.807) is 0 Å². The molecule has 0 spiro atoms. The summed E-state index contributed by atoms with van der Waals surface area (Å²) >= 11 is 5.01. The first-order chi connectivity index (χ1) is 8.66. The summed E-state index contributed by atoms with van der Waals surface area (Å²) in [4.78, 5) is 2.85. The van der Waals surface area contributed by atoms with Crippen molar-refractivity contribution < 1.29 is 4.74 Å². The highest BCUT2D eigenvalue weighted by molar-refractivity contribution is 7.80. The number of ether oxygens (including phenoxy) is 1. The monoisotopic (exact) mass is 264 g/mol. The Morgan fingerprint density at radius 3 is 2.83 bits per heavy atom. The summed E-state index contributed by atoms with van der Waals surface area (Å²) in [6.07, 6.45) is 2.23. The minimum atomic E-state index is 0.463. The van der Waals surface area contributed by atoms with E-state index in [0.29, 0.717) is 11.0 Å². The molecule has 1 aliphatic rings. The normalized spacial score (nSPS) is 17.0. The van der Waals surface area contributed by atoms with E-state index in [9.17, 15) is 0 Å². The van der Waals surface area contributed by atoms with Crippen LogP contribution in [-0.2, 0) is 11.3 Å². The SMILES string of the molecule is CN(Cc1cccc(C(N)=S)c1)C1CCOCC1. The van der Waals surface area contributed by atoms with Gasteiger partial charge in [-0.2, -0.15) is 0 Å². The van der Waals surface area contributed by atoms with E-state index in [4.69, 9.17) is 22.7 Å². The smallest absolute Gasteiger partial charge is 0.103 e. The van der Waals surface area contributed by atoms with E-state index in [0.717, 1.165) is 38.2 Å². The maximum Gasteiger partial charge on any atom is 0.103 e. The Bertz CT molecular complexity index is 416. The predicted molar refractivity (Wildman–Crippen MR) is 77.6 cm³/mol. The molecule has 0 bridgehead atoms. The van der Waals surface area contributed by atoms with Crippen LogP contribution in [0.25, 0.3) is 0 Å². The third-order valence-corrected chi connectivity index (χ3v) is 3.69. The molecule has 0 amide bonds. The summed E-state index contributed by atoms with van der Waals surface area (Å²) < 4.78 is 5.39. The number of hydrogen-bond acceptors (Lipinski definition) is 3. The number of rotatable bonds is 4. The Morgan fingerprint density at radius 2 is 2.17 bits per heavy atom. The number of thiocarbonyl (C=S) groups is 1. The van der Waals surface area contributed by atoms with Gasteiger partial charge in [0.1, 0.15) is 4.99 Å². The van der Waals surface area contributed by atoms with Crippen molar-refractivity contribution in [2.24, 2.45) is 5.73 Å². The molecule has 2 rings (SSSR count). The summed E-state index contributed by atoms with van der Waals surface area (Å²) in [5, 5.41) is 0. The van der Waals surface area contributed by atoms with Gasteiger partial charge in [-0.05, 0) is 31.5 Å². The molecular weight excluding hydrogens is 244 g/mol. The highest BCUT2D eigenvalue weighted by atomic mass is 32.1. The van der Waals surface area contributed by atoms with Crippen LogP contribution in [0.15, 0.2) is 24.3 Å². The van der Waals surface area contributed by atoms with Gasteiger partial charge < -0.3 is 10.5 Å². The van der Waals surface area contributed by atoms with Crippen molar-refractivity contribution in [2.75, 3.05) is 20.3 Å². The minimum absolute atomic E-state index is 0.463. The molecule has 1 aromatic carbocycles. The van der Waals surface area contributed by atoms with Crippen molar-refractivity contribution in [1.82, 2.24) is 4.90 Å². The van der Waals surface area contributed by atoms with Crippen molar-refractivity contribution >= 4 is 17.2 Å². The molecule has 2 N–H and O–H groups in total. The molecular formula is C14H20N2OS. The molecule has 4 heteroatoms. The van der Waals surface area contributed by atoms with Gasteiger partial charge in [0.15, 0.2) is 0 Å². The van der Waals surface area contributed by atoms with Gasteiger partial charge >= 0.3 is 0 Å². The minimum Gasteiger partial charge on any atom is -0.389 e. The Labute approximate surface area is 114 Å². The molecule has 0 unspecified atom stereocenters. The Hall–Kier alpha value is -0.970. The van der Waals surface area contributed by atoms with Crippen LogP contribution in [0.1, 0.15) is 24.0 Å². The molecule has 1 saturated heterocycles. The summed E-state index contributed by atoms with van der Waals surface area (Å²) in [7, 11) is 2.17. The molecule has 1 fully saturated rings. The van der Waals surface area contributed by atoms with E-state index in [1.807, 2.05) is 12.1 Å². The van der Waals surface area contributed by atoms with Gasteiger partial charge in [-0.1, -0.05) is 30.4 Å². The highest BCUT2D eigenvalue weighted by Crippen LogP contribution is 2.16. The molecule has 1 aromatic rings. The lowest BCUT2D eigenvalue weighted by molar-refractivity contribution is 0.0407. The number of nitrogens with two attached hydrogens (primary N) is 1. The Balaban J connectivity index is 1.99. The number of hydrogen-bond donors (Lipinski definition) is 1. The van der Waals surface area contributed by atoms with Gasteiger partial charge in [0.05, 0.1) is 0 Å². The van der Waals surface area contributed by atoms with Crippen LogP contribution in [0.3, 0.4) is 0 Å². The fourth-order valence-electron chi connectivity index (χ4n) is 2.37. The number of nitrogens with zero attached hydrogens (tertiary/aromatic N) is 1. The van der Waals surface area contributed by atoms with Crippen molar-refractivity contribution in [3.8, 4) is 0 Å². The lowest BCUT2D eigenvalue weighted by Gasteiger charge is -2.31. The van der Waals surface area contributed by atoms with E-state index in [-0.39, 0.29) is 0 Å². The molecule has 98 valence electrons. The summed E-state index contributed by atoms with van der Waals surface area (Å²) in [5.41, 5.74) is 7.86. The second-order valence-electron chi connectivity index (χ2n) is 4.82. The molecule has 0 aromatic heterocycles. The first-order valence-electron chi connectivity index (χ1n) is 6.33. The van der Waals surface area contributed by atoms with Gasteiger partial charge in [-0.15, -0.1) is 0 Å². The van der Waals surface area contributed by atoms with Crippen molar-refractivity contribution in [1.29, 1.82) is 0 Å². The second kappa shape index (κ2) is 6.27. The standard InChI is InChI=1S/C14H20N2OS/c1-16(13-5-7-17-8-6-13)10-11-3-2-4-12(9-11)14(15)18/h2-4,9,13H,5-8,10H2,1H3,(H2,15,18). The van der Waals surface area contributed by atoms with Gasteiger partial charge in [-0.25, -0.2) is 0 Å². The predicted octanol–water partition coefficient (Wildman–Crippen LogP) is 1.93. The zero-order chi connectivity index (χ0) is 13.0. The van der Waals surface area contributed by atoms with Gasteiger partial charge in [0, 0.05) is 31.4 Å². The average Bonchev–Trinajstić information content (AvgIpc) is 2.40. The fourth-order valence-corrected chi connectivity index (χ4v) is 2.49. The Kier molecular flexibility index (Phi) is 4.69. The van der Waals surface area contributed by atoms with E-state index < -0.39 is 0 Å². The first-order valence-corrected chi connectivity index (χ1v) is 6.74. The topological polar surface area (TPSA) is 38.5 Å². The lowest BCUT2D eigenvalue weighted by Crippen LogP contribution is -2.36. The first kappa shape index (κ1) is 13.5. The van der Waals surface area contributed by atoms with Gasteiger partial charge in [0.25, 0.3) is 0 Å². The van der Waals surface area contributed by atoms with Crippen LogP contribution in [-0.4, -0.2) is 36.2 Å². The van der Waals surface area contributed by atoms with Crippen LogP contribution in [0.5, 0.6) is 0 Å². The van der Waals surface area contributed by atoms with Crippen molar-refractivity contribution in [3.63, 3.8) is 0 Å². The van der Waals surface area contributed by atoms with E-state index in [2.05, 4.69) is 24.1 Å².